The summed E-state index contributed by atoms with van der Waals surface area (Å²) in [5.41, 5.74) is 0. The minimum Gasteiger partial charge on any atom is -0.491 e. The molecule has 0 aliphatic rings. The molecule has 3 heteroatoms. The van der Waals surface area contributed by atoms with E-state index >= 15 is 0 Å². The highest BCUT2D eigenvalue weighted by Crippen LogP contribution is 2.29. The maximum atomic E-state index is 5.83. The Kier molecular flexibility index (Phi) is 6.90. The normalized spacial score (nSPS) is 11.0. The Balaban J connectivity index is 2.14. The Hall–Kier alpha value is -1.19. The van der Waals surface area contributed by atoms with Crippen molar-refractivity contribution in [3.63, 3.8) is 0 Å². The van der Waals surface area contributed by atoms with Crippen molar-refractivity contribution in [1.29, 1.82) is 0 Å². The van der Waals surface area contributed by atoms with Gasteiger partial charge in [0.15, 0.2) is 4.90 Å². The summed E-state index contributed by atoms with van der Waals surface area (Å²) in [4.78, 5) is 1.40. The number of hydrogen-bond acceptors (Lipinski definition) is 2. The third-order valence-electron chi connectivity index (χ3n) is 3.45. The highest BCUT2D eigenvalue weighted by Gasteiger charge is 2.12. The van der Waals surface area contributed by atoms with Gasteiger partial charge in [-0.15, -0.1) is 0 Å². The molecule has 2 nitrogen and oxygen atoms in total. The lowest BCUT2D eigenvalue weighted by Gasteiger charge is -2.09. The van der Waals surface area contributed by atoms with E-state index in [9.17, 15) is 0 Å². The molecular formula is C18H25O2S+. The van der Waals surface area contributed by atoms with E-state index in [1.165, 1.54) is 52.4 Å². The molecule has 0 aliphatic heterocycles. The van der Waals surface area contributed by atoms with Gasteiger partial charge in [-0.25, -0.2) is 0 Å². The van der Waals surface area contributed by atoms with Gasteiger partial charge in [0.05, 0.1) is 6.61 Å². The van der Waals surface area contributed by atoms with Gasteiger partial charge in [-0.05, 0) is 31.0 Å². The molecule has 0 N–H and O–H groups in total. The fourth-order valence-electron chi connectivity index (χ4n) is 2.32. The first-order valence-corrected chi connectivity index (χ1v) is 8.75. The molecule has 0 unspecified atom stereocenters. The van der Waals surface area contributed by atoms with Crippen molar-refractivity contribution >= 4 is 22.5 Å². The van der Waals surface area contributed by atoms with Crippen LogP contribution < -0.4 is 4.74 Å². The van der Waals surface area contributed by atoms with Gasteiger partial charge >= 0.3 is 0 Å². The van der Waals surface area contributed by atoms with Crippen molar-refractivity contribution in [3.05, 3.63) is 36.4 Å². The SMILES string of the molecule is CCCCC[SH+]c1ccc(OCCOC)c2ccccc12. The van der Waals surface area contributed by atoms with Crippen LogP contribution in [-0.2, 0) is 16.5 Å². The standard InChI is InChI=1S/C18H24O2S/c1-3-4-7-14-21-18-11-10-17(20-13-12-19-2)15-8-5-6-9-16(15)18/h5-6,8-11H,3-4,7,12-14H2,1-2H3/p+1. The van der Waals surface area contributed by atoms with E-state index in [1.54, 1.807) is 7.11 Å². The van der Waals surface area contributed by atoms with Crippen LogP contribution in [0, 0.1) is 0 Å². The van der Waals surface area contributed by atoms with Crippen LogP contribution in [0.1, 0.15) is 26.2 Å². The number of ether oxygens (including phenoxy) is 2. The molecule has 0 radical (unpaired) electrons. The fourth-order valence-corrected chi connectivity index (χ4v) is 3.48. The number of rotatable bonds is 9. The molecule has 2 aromatic rings. The second kappa shape index (κ2) is 8.96. The highest BCUT2D eigenvalue weighted by molar-refractivity contribution is 7.78. The summed E-state index contributed by atoms with van der Waals surface area (Å²) in [6.45, 7) is 3.46. The molecule has 0 fully saturated rings. The molecule has 2 aromatic carbocycles. The molecule has 0 saturated carbocycles. The highest BCUT2D eigenvalue weighted by atomic mass is 32.2. The topological polar surface area (TPSA) is 18.5 Å². The van der Waals surface area contributed by atoms with Crippen molar-refractivity contribution in [1.82, 2.24) is 0 Å². The van der Waals surface area contributed by atoms with E-state index in [4.69, 9.17) is 9.47 Å². The molecule has 0 atom stereocenters. The van der Waals surface area contributed by atoms with Crippen LogP contribution in [-0.4, -0.2) is 26.1 Å². The summed E-state index contributed by atoms with van der Waals surface area (Å²) in [5.74, 6) is 2.19. The van der Waals surface area contributed by atoms with E-state index in [0.29, 0.717) is 13.2 Å². The number of unbranched alkanes of at least 4 members (excludes halogenated alkanes) is 2. The quantitative estimate of drug-likeness (QED) is 0.392. The lowest BCUT2D eigenvalue weighted by Crippen LogP contribution is -2.04. The molecule has 0 saturated heterocycles. The van der Waals surface area contributed by atoms with Crippen LogP contribution in [0.4, 0.5) is 0 Å². The smallest absolute Gasteiger partial charge is 0.160 e. The molecule has 0 spiro atoms. The number of hydrogen-bond donors (Lipinski definition) is 0. The van der Waals surface area contributed by atoms with Crippen LogP contribution in [0.25, 0.3) is 10.8 Å². The largest absolute Gasteiger partial charge is 0.491 e. The van der Waals surface area contributed by atoms with Gasteiger partial charge in [0.2, 0.25) is 0 Å². The summed E-state index contributed by atoms with van der Waals surface area (Å²) < 4.78 is 10.9. The van der Waals surface area contributed by atoms with Crippen molar-refractivity contribution in [2.75, 3.05) is 26.1 Å². The average Bonchev–Trinajstić information content (AvgIpc) is 2.53. The third-order valence-corrected chi connectivity index (χ3v) is 4.72. The van der Waals surface area contributed by atoms with Gasteiger partial charge in [-0.2, -0.15) is 0 Å². The van der Waals surface area contributed by atoms with E-state index in [0.717, 1.165) is 5.75 Å². The van der Waals surface area contributed by atoms with Gasteiger partial charge in [0.25, 0.3) is 0 Å². The van der Waals surface area contributed by atoms with Gasteiger partial charge in [-0.1, -0.05) is 31.5 Å². The van der Waals surface area contributed by atoms with Gasteiger partial charge in [0.1, 0.15) is 18.1 Å². The summed E-state index contributed by atoms with van der Waals surface area (Å²) >= 11 is 1.42. The number of benzene rings is 2. The molecule has 2 rings (SSSR count). The minimum absolute atomic E-state index is 0.591. The minimum atomic E-state index is 0.591. The van der Waals surface area contributed by atoms with E-state index in [1.807, 2.05) is 0 Å². The first kappa shape index (κ1) is 16.2. The second-order valence-corrected chi connectivity index (χ2v) is 6.30. The van der Waals surface area contributed by atoms with Gasteiger partial charge in [0, 0.05) is 29.6 Å². The number of thiol groups is 1. The van der Waals surface area contributed by atoms with Crippen LogP contribution in [0.15, 0.2) is 41.3 Å². The maximum absolute atomic E-state index is 5.83. The van der Waals surface area contributed by atoms with Crippen LogP contribution in [0.2, 0.25) is 0 Å². The van der Waals surface area contributed by atoms with Crippen molar-refractivity contribution < 1.29 is 9.47 Å². The molecule has 0 aromatic heterocycles. The van der Waals surface area contributed by atoms with Crippen LogP contribution in [0.3, 0.4) is 0 Å². The Morgan fingerprint density at radius 2 is 1.76 bits per heavy atom. The van der Waals surface area contributed by atoms with Gasteiger partial charge in [-0.3, -0.25) is 0 Å². The molecule has 114 valence electrons. The Bertz CT molecular complexity index is 554. The molecule has 21 heavy (non-hydrogen) atoms. The first-order chi connectivity index (χ1) is 10.4. The third kappa shape index (κ3) is 4.65. The zero-order valence-electron chi connectivity index (χ0n) is 13.0. The first-order valence-electron chi connectivity index (χ1n) is 7.67. The molecule has 0 aliphatic carbocycles. The van der Waals surface area contributed by atoms with Crippen LogP contribution >= 0.6 is 0 Å². The average molecular weight is 305 g/mol. The zero-order valence-corrected chi connectivity index (χ0v) is 13.9. The number of methoxy groups -OCH3 is 1. The summed E-state index contributed by atoms with van der Waals surface area (Å²) in [5, 5.41) is 2.51. The second-order valence-electron chi connectivity index (χ2n) is 5.06. The zero-order chi connectivity index (χ0) is 14.9. The Morgan fingerprint density at radius 1 is 0.952 bits per heavy atom. The summed E-state index contributed by atoms with van der Waals surface area (Å²) in [6.07, 6.45) is 3.91. The number of fused-ring (bicyclic) bond motifs is 1. The maximum Gasteiger partial charge on any atom is 0.160 e. The molecular weight excluding hydrogens is 280 g/mol. The van der Waals surface area contributed by atoms with E-state index in [2.05, 4.69) is 43.3 Å². The molecule has 0 bridgehead atoms. The van der Waals surface area contributed by atoms with Crippen molar-refractivity contribution in [3.8, 4) is 5.75 Å². The van der Waals surface area contributed by atoms with Gasteiger partial charge < -0.3 is 9.47 Å². The lowest BCUT2D eigenvalue weighted by atomic mass is 10.1. The predicted molar refractivity (Wildman–Crippen MR) is 92.7 cm³/mol. The fraction of sp³-hybridized carbons (Fsp3) is 0.444. The molecule has 0 amide bonds. The monoisotopic (exact) mass is 305 g/mol. The summed E-state index contributed by atoms with van der Waals surface area (Å²) in [7, 11) is 1.69. The van der Waals surface area contributed by atoms with Crippen molar-refractivity contribution in [2.24, 2.45) is 0 Å². The summed E-state index contributed by atoms with van der Waals surface area (Å²) in [6, 6.07) is 12.8. The lowest BCUT2D eigenvalue weighted by molar-refractivity contribution is 0.147. The van der Waals surface area contributed by atoms with Crippen molar-refractivity contribution in [2.45, 2.75) is 31.1 Å². The van der Waals surface area contributed by atoms with Crippen LogP contribution in [0.5, 0.6) is 5.75 Å². The molecule has 0 heterocycles. The predicted octanol–water partition coefficient (Wildman–Crippen LogP) is 4.23. The van der Waals surface area contributed by atoms with E-state index < -0.39 is 0 Å². The Morgan fingerprint density at radius 3 is 2.52 bits per heavy atom. The van der Waals surface area contributed by atoms with E-state index in [-0.39, 0.29) is 0 Å². The Labute approximate surface area is 131 Å².